The fraction of sp³-hybridized carbons (Fsp3) is 0.625. The molecule has 1 aromatic rings. The average Bonchev–Trinajstić information content (AvgIpc) is 3.01. The summed E-state index contributed by atoms with van der Waals surface area (Å²) in [7, 11) is -3.75. The number of sulfonamides is 1. The zero-order valence-electron chi connectivity index (χ0n) is 14.6. The van der Waals surface area contributed by atoms with Crippen LogP contribution < -0.4 is 5.32 Å². The Hall–Kier alpha value is -1.67. The zero-order valence-corrected chi connectivity index (χ0v) is 15.4. The molecule has 0 radical (unpaired) electrons. The van der Waals surface area contributed by atoms with Crippen LogP contribution in [0.15, 0.2) is 23.1 Å². The minimum absolute atomic E-state index is 0.00789. The molecule has 1 aliphatic heterocycles. The fourth-order valence-corrected chi connectivity index (χ4v) is 4.17. The van der Waals surface area contributed by atoms with Crippen molar-refractivity contribution in [2.45, 2.75) is 51.5 Å². The van der Waals surface area contributed by atoms with Crippen LogP contribution in [0.3, 0.4) is 0 Å². The normalized spacial score (nSPS) is 17.7. The summed E-state index contributed by atoms with van der Waals surface area (Å²) in [5.74, 6) is 0. The van der Waals surface area contributed by atoms with Gasteiger partial charge in [0.2, 0.25) is 10.0 Å². The maximum Gasteiger partial charge on any atom is 0.270 e. The standard InChI is InChI=1S/C16H25N3O4S/c1-12(16(2,3)4)17-14-8-7-13(19(20)21)11-15(14)24(22,23)18-9-5-6-10-18/h7-8,11-12,17H,5-6,9-10H2,1-4H3. The van der Waals surface area contributed by atoms with Gasteiger partial charge in [0.1, 0.15) is 4.90 Å². The predicted octanol–water partition coefficient (Wildman–Crippen LogP) is 3.23. The van der Waals surface area contributed by atoms with Crippen LogP contribution in [0.1, 0.15) is 40.5 Å². The zero-order chi connectivity index (χ0) is 18.1. The first-order valence-electron chi connectivity index (χ1n) is 8.08. The molecule has 1 N–H and O–H groups in total. The second-order valence-corrected chi connectivity index (χ2v) is 9.19. The molecule has 1 aliphatic rings. The Morgan fingerprint density at radius 2 is 1.83 bits per heavy atom. The van der Waals surface area contributed by atoms with Gasteiger partial charge >= 0.3 is 0 Å². The molecule has 0 amide bonds. The van der Waals surface area contributed by atoms with Gasteiger partial charge in [-0.15, -0.1) is 0 Å². The van der Waals surface area contributed by atoms with E-state index in [1.807, 2.05) is 27.7 Å². The van der Waals surface area contributed by atoms with Crippen molar-refractivity contribution in [2.75, 3.05) is 18.4 Å². The molecule has 0 bridgehead atoms. The van der Waals surface area contributed by atoms with Crippen LogP contribution in [0, 0.1) is 15.5 Å². The number of nitro groups is 1. The molecule has 0 saturated carbocycles. The van der Waals surface area contributed by atoms with Gasteiger partial charge in [0.05, 0.1) is 10.6 Å². The molecule has 1 heterocycles. The third-order valence-corrected chi connectivity index (χ3v) is 6.47. The number of benzene rings is 1. The molecule has 1 unspecified atom stereocenters. The number of non-ortho nitro benzene ring substituents is 1. The van der Waals surface area contributed by atoms with Gasteiger partial charge in [0, 0.05) is 31.3 Å². The Balaban J connectivity index is 2.49. The van der Waals surface area contributed by atoms with Crippen molar-refractivity contribution in [3.05, 3.63) is 28.3 Å². The summed E-state index contributed by atoms with van der Waals surface area (Å²) in [6, 6.07) is 3.97. The van der Waals surface area contributed by atoms with Crippen molar-refractivity contribution in [3.8, 4) is 0 Å². The van der Waals surface area contributed by atoms with Crippen LogP contribution >= 0.6 is 0 Å². The molecule has 7 nitrogen and oxygen atoms in total. The lowest BCUT2D eigenvalue weighted by Gasteiger charge is -2.30. The first-order valence-corrected chi connectivity index (χ1v) is 9.52. The third-order valence-electron chi connectivity index (χ3n) is 4.53. The second kappa shape index (κ2) is 6.68. The number of nitro benzene ring substituents is 1. The van der Waals surface area contributed by atoms with E-state index < -0.39 is 14.9 Å². The summed E-state index contributed by atoms with van der Waals surface area (Å²) < 4.78 is 27.3. The van der Waals surface area contributed by atoms with E-state index in [0.717, 1.165) is 18.9 Å². The largest absolute Gasteiger partial charge is 0.381 e. The number of hydrogen-bond acceptors (Lipinski definition) is 5. The Morgan fingerprint density at radius 1 is 1.25 bits per heavy atom. The number of hydrogen-bond donors (Lipinski definition) is 1. The highest BCUT2D eigenvalue weighted by Crippen LogP contribution is 2.33. The Kier molecular flexibility index (Phi) is 5.19. The van der Waals surface area contributed by atoms with Crippen LogP contribution in [-0.2, 0) is 10.0 Å². The van der Waals surface area contributed by atoms with Gasteiger partial charge in [-0.3, -0.25) is 10.1 Å². The lowest BCUT2D eigenvalue weighted by atomic mass is 9.88. The number of nitrogens with zero attached hydrogens (tertiary/aromatic N) is 2. The Bertz CT molecular complexity index is 719. The first kappa shape index (κ1) is 18.7. The number of rotatable bonds is 5. The molecule has 8 heteroatoms. The van der Waals surface area contributed by atoms with Crippen molar-refractivity contribution < 1.29 is 13.3 Å². The van der Waals surface area contributed by atoms with E-state index in [4.69, 9.17) is 0 Å². The maximum absolute atomic E-state index is 12.9. The van der Waals surface area contributed by atoms with Crippen LogP contribution in [0.25, 0.3) is 0 Å². The third kappa shape index (κ3) is 3.87. The van der Waals surface area contributed by atoms with Gasteiger partial charge < -0.3 is 5.32 Å². The summed E-state index contributed by atoms with van der Waals surface area (Å²) in [6.45, 7) is 9.02. The van der Waals surface area contributed by atoms with Gasteiger partial charge in [0.25, 0.3) is 5.69 Å². The monoisotopic (exact) mass is 355 g/mol. The predicted molar refractivity (Wildman–Crippen MR) is 93.6 cm³/mol. The number of anilines is 1. The van der Waals surface area contributed by atoms with E-state index in [-0.39, 0.29) is 22.0 Å². The SMILES string of the molecule is CC(Nc1ccc([N+](=O)[O-])cc1S(=O)(=O)N1CCCC1)C(C)(C)C. The average molecular weight is 355 g/mol. The van der Waals surface area contributed by atoms with Gasteiger partial charge in [-0.2, -0.15) is 4.31 Å². The van der Waals surface area contributed by atoms with Gasteiger partial charge in [-0.25, -0.2) is 8.42 Å². The van der Waals surface area contributed by atoms with Crippen molar-refractivity contribution >= 4 is 21.4 Å². The quantitative estimate of drug-likeness (QED) is 0.646. The van der Waals surface area contributed by atoms with E-state index in [2.05, 4.69) is 5.32 Å². The van der Waals surface area contributed by atoms with E-state index in [9.17, 15) is 18.5 Å². The molecule has 134 valence electrons. The minimum Gasteiger partial charge on any atom is -0.381 e. The van der Waals surface area contributed by atoms with E-state index in [1.165, 1.54) is 16.4 Å². The smallest absolute Gasteiger partial charge is 0.270 e. The highest BCUT2D eigenvalue weighted by Gasteiger charge is 2.32. The summed E-state index contributed by atoms with van der Waals surface area (Å²) in [6.07, 6.45) is 1.63. The lowest BCUT2D eigenvalue weighted by molar-refractivity contribution is -0.385. The van der Waals surface area contributed by atoms with Crippen LogP contribution in [-0.4, -0.2) is 36.8 Å². The van der Waals surface area contributed by atoms with Crippen molar-refractivity contribution in [1.82, 2.24) is 4.31 Å². The summed E-state index contributed by atoms with van der Waals surface area (Å²) >= 11 is 0. The van der Waals surface area contributed by atoms with E-state index in [0.29, 0.717) is 18.8 Å². The Morgan fingerprint density at radius 3 is 2.33 bits per heavy atom. The molecular formula is C16H25N3O4S. The molecule has 1 atom stereocenters. The molecule has 1 aromatic carbocycles. The molecule has 0 aromatic heterocycles. The maximum atomic E-state index is 12.9. The van der Waals surface area contributed by atoms with Crippen molar-refractivity contribution in [3.63, 3.8) is 0 Å². The molecule has 0 spiro atoms. The Labute approximate surface area is 143 Å². The summed E-state index contributed by atoms with van der Waals surface area (Å²) in [5, 5.41) is 14.3. The fourth-order valence-electron chi connectivity index (χ4n) is 2.47. The van der Waals surface area contributed by atoms with Gasteiger partial charge in [-0.05, 0) is 31.2 Å². The van der Waals surface area contributed by atoms with Crippen molar-refractivity contribution in [2.24, 2.45) is 5.41 Å². The molecule has 1 saturated heterocycles. The van der Waals surface area contributed by atoms with Crippen LogP contribution in [0.2, 0.25) is 0 Å². The molecule has 2 rings (SSSR count). The van der Waals surface area contributed by atoms with E-state index in [1.54, 1.807) is 0 Å². The van der Waals surface area contributed by atoms with Gasteiger partial charge in [0.15, 0.2) is 0 Å². The van der Waals surface area contributed by atoms with E-state index >= 15 is 0 Å². The summed E-state index contributed by atoms with van der Waals surface area (Å²) in [5.41, 5.74) is 0.104. The summed E-state index contributed by atoms with van der Waals surface area (Å²) in [4.78, 5) is 10.5. The van der Waals surface area contributed by atoms with Gasteiger partial charge in [-0.1, -0.05) is 20.8 Å². The van der Waals surface area contributed by atoms with Crippen LogP contribution in [0.4, 0.5) is 11.4 Å². The highest BCUT2D eigenvalue weighted by atomic mass is 32.2. The van der Waals surface area contributed by atoms with Crippen molar-refractivity contribution in [1.29, 1.82) is 0 Å². The van der Waals surface area contributed by atoms with Crippen LogP contribution in [0.5, 0.6) is 0 Å². The molecule has 0 aliphatic carbocycles. The minimum atomic E-state index is -3.75. The second-order valence-electron chi connectivity index (χ2n) is 7.28. The molecule has 24 heavy (non-hydrogen) atoms. The highest BCUT2D eigenvalue weighted by molar-refractivity contribution is 7.89. The molecule has 1 fully saturated rings. The number of nitrogens with one attached hydrogen (secondary N) is 1. The first-order chi connectivity index (χ1) is 11.0. The lowest BCUT2D eigenvalue weighted by Crippen LogP contribution is -2.33. The topological polar surface area (TPSA) is 92.5 Å². The molecular weight excluding hydrogens is 330 g/mol.